The van der Waals surface area contributed by atoms with E-state index in [2.05, 4.69) is 10.2 Å². The monoisotopic (exact) mass is 187 g/mol. The second-order valence-corrected chi connectivity index (χ2v) is 2.48. The molecule has 0 aromatic heterocycles. The van der Waals surface area contributed by atoms with Crippen LogP contribution in [0.2, 0.25) is 0 Å². The molecule has 0 rings (SSSR count). The van der Waals surface area contributed by atoms with Gasteiger partial charge in [-0.15, -0.1) is 4.91 Å². The minimum absolute atomic E-state index is 0.00610. The maximum Gasteiger partial charge on any atom is 0.302 e. The zero-order valence-corrected chi connectivity index (χ0v) is 7.14. The van der Waals surface area contributed by atoms with E-state index < -0.39 is 11.9 Å². The Labute approximate surface area is 75.3 Å². The number of carbonyl (C=O) groups is 1. The summed E-state index contributed by atoms with van der Waals surface area (Å²) < 4.78 is 0. The molecule has 1 unspecified atom stereocenters. The van der Waals surface area contributed by atoms with Gasteiger partial charge in [0.2, 0.25) is 0 Å². The maximum absolute atomic E-state index is 10.6. The van der Waals surface area contributed by atoms with Crippen molar-refractivity contribution < 1.29 is 4.79 Å². The highest BCUT2D eigenvalue weighted by molar-refractivity contribution is 5.82. The van der Waals surface area contributed by atoms with Crippen molar-refractivity contribution >= 4 is 11.9 Å². The van der Waals surface area contributed by atoms with Crippen LogP contribution in [0.15, 0.2) is 10.2 Å². The quantitative estimate of drug-likeness (QED) is 0.212. The second-order valence-electron chi connectivity index (χ2n) is 2.48. The van der Waals surface area contributed by atoms with Crippen LogP contribution in [-0.4, -0.2) is 24.5 Å². The number of rotatable bonds is 5. The largest absolute Gasteiger partial charge is 0.370 e. The van der Waals surface area contributed by atoms with E-state index in [0.29, 0.717) is 19.4 Å². The molecule has 7 heteroatoms. The molecule has 0 aliphatic carbocycles. The summed E-state index contributed by atoms with van der Waals surface area (Å²) in [6.07, 6.45) is 0.891. The average Bonchev–Trinajstić information content (AvgIpc) is 2.10. The van der Waals surface area contributed by atoms with Crippen molar-refractivity contribution in [2.24, 2.45) is 27.4 Å². The van der Waals surface area contributed by atoms with Crippen LogP contribution in [0.3, 0.4) is 0 Å². The normalized spacial score (nSPS) is 11.8. The SMILES string of the molecule is NC(N)=NCCCC(N)C(=O)N=O. The van der Waals surface area contributed by atoms with Gasteiger partial charge in [0.1, 0.15) is 0 Å². The zero-order chi connectivity index (χ0) is 10.3. The van der Waals surface area contributed by atoms with Crippen molar-refractivity contribution in [3.8, 4) is 0 Å². The van der Waals surface area contributed by atoms with Gasteiger partial charge < -0.3 is 17.2 Å². The Morgan fingerprint density at radius 3 is 2.46 bits per heavy atom. The maximum atomic E-state index is 10.6. The molecule has 1 atom stereocenters. The van der Waals surface area contributed by atoms with Crippen LogP contribution < -0.4 is 17.2 Å². The highest BCUT2D eigenvalue weighted by Gasteiger charge is 2.12. The van der Waals surface area contributed by atoms with Crippen LogP contribution in [0.25, 0.3) is 0 Å². The van der Waals surface area contributed by atoms with E-state index in [0.717, 1.165) is 0 Å². The topological polar surface area (TPSA) is 137 Å². The molecule has 0 aliphatic heterocycles. The summed E-state index contributed by atoms with van der Waals surface area (Å²) in [5.74, 6) is -0.849. The molecule has 0 aliphatic rings. The number of nitrogens with zero attached hydrogens (tertiary/aromatic N) is 2. The minimum Gasteiger partial charge on any atom is -0.370 e. The lowest BCUT2D eigenvalue weighted by molar-refractivity contribution is -0.119. The third-order valence-electron chi connectivity index (χ3n) is 1.37. The second kappa shape index (κ2) is 6.06. The van der Waals surface area contributed by atoms with Gasteiger partial charge in [-0.3, -0.25) is 9.79 Å². The first kappa shape index (κ1) is 11.5. The third-order valence-corrected chi connectivity index (χ3v) is 1.37. The standard InChI is InChI=1S/C6H13N5O2/c7-4(5(12)11-13)2-1-3-10-6(8)9/h4H,1-3,7H2,(H4,8,9,10). The van der Waals surface area contributed by atoms with Crippen molar-refractivity contribution in [1.82, 2.24) is 0 Å². The van der Waals surface area contributed by atoms with E-state index in [4.69, 9.17) is 17.2 Å². The molecule has 13 heavy (non-hydrogen) atoms. The van der Waals surface area contributed by atoms with Gasteiger partial charge in [-0.25, -0.2) is 0 Å². The van der Waals surface area contributed by atoms with E-state index in [1.807, 2.05) is 0 Å². The highest BCUT2D eigenvalue weighted by atomic mass is 16.3. The van der Waals surface area contributed by atoms with Crippen molar-refractivity contribution in [1.29, 1.82) is 0 Å². The van der Waals surface area contributed by atoms with Gasteiger partial charge in [0.15, 0.2) is 5.96 Å². The third kappa shape index (κ3) is 5.74. The first-order chi connectivity index (χ1) is 6.07. The zero-order valence-electron chi connectivity index (χ0n) is 7.14. The fourth-order valence-electron chi connectivity index (χ4n) is 0.711. The molecule has 0 radical (unpaired) electrons. The van der Waals surface area contributed by atoms with Gasteiger partial charge >= 0.3 is 5.91 Å². The lowest BCUT2D eigenvalue weighted by atomic mass is 10.1. The average molecular weight is 187 g/mol. The van der Waals surface area contributed by atoms with Crippen LogP contribution >= 0.6 is 0 Å². The first-order valence-corrected chi connectivity index (χ1v) is 3.76. The summed E-state index contributed by atoms with van der Waals surface area (Å²) in [6, 6.07) is -0.841. The molecule has 0 fully saturated rings. The molecule has 6 N–H and O–H groups in total. The number of nitrogens with two attached hydrogens (primary N) is 3. The van der Waals surface area contributed by atoms with E-state index >= 15 is 0 Å². The van der Waals surface area contributed by atoms with E-state index in [9.17, 15) is 9.70 Å². The summed E-state index contributed by atoms with van der Waals surface area (Å²) in [4.78, 5) is 24.0. The van der Waals surface area contributed by atoms with Gasteiger partial charge in [0.25, 0.3) is 0 Å². The number of hydrogen-bond acceptors (Lipinski definition) is 4. The van der Waals surface area contributed by atoms with Gasteiger partial charge in [-0.1, -0.05) is 0 Å². The molecule has 1 amide bonds. The van der Waals surface area contributed by atoms with Crippen LogP contribution in [-0.2, 0) is 4.79 Å². The summed E-state index contributed by atoms with van der Waals surface area (Å²) in [7, 11) is 0. The molecular formula is C6H13N5O2. The molecule has 0 heterocycles. The molecule has 7 nitrogen and oxygen atoms in total. The number of amides is 1. The van der Waals surface area contributed by atoms with E-state index in [-0.39, 0.29) is 5.96 Å². The molecule has 0 aromatic rings. The van der Waals surface area contributed by atoms with Crippen molar-refractivity contribution in [3.05, 3.63) is 4.91 Å². The summed E-state index contributed by atoms with van der Waals surface area (Å²) >= 11 is 0. The van der Waals surface area contributed by atoms with Gasteiger partial charge in [0.05, 0.1) is 6.04 Å². The molecule has 74 valence electrons. The predicted molar refractivity (Wildman–Crippen MR) is 48.7 cm³/mol. The summed E-state index contributed by atoms with van der Waals surface area (Å²) in [5, 5.41) is 2.20. The highest BCUT2D eigenvalue weighted by Crippen LogP contribution is 1.96. The first-order valence-electron chi connectivity index (χ1n) is 3.76. The molecule has 0 saturated heterocycles. The van der Waals surface area contributed by atoms with Crippen LogP contribution in [0.1, 0.15) is 12.8 Å². The van der Waals surface area contributed by atoms with E-state index in [1.165, 1.54) is 0 Å². The Morgan fingerprint density at radius 1 is 1.38 bits per heavy atom. The van der Waals surface area contributed by atoms with Crippen LogP contribution in [0, 0.1) is 4.91 Å². The Bertz CT molecular complexity index is 211. The number of nitroso groups, excluding NO2 is 1. The molecular weight excluding hydrogens is 174 g/mol. The van der Waals surface area contributed by atoms with Crippen LogP contribution in [0.4, 0.5) is 0 Å². The van der Waals surface area contributed by atoms with Gasteiger partial charge in [-0.05, 0) is 12.8 Å². The fourth-order valence-corrected chi connectivity index (χ4v) is 0.711. The molecule has 0 bridgehead atoms. The Kier molecular flexibility index (Phi) is 5.37. The van der Waals surface area contributed by atoms with Gasteiger partial charge in [0, 0.05) is 11.7 Å². The minimum atomic E-state index is -0.843. The summed E-state index contributed by atoms with van der Waals surface area (Å²) in [6.45, 7) is 0.391. The predicted octanol–water partition coefficient (Wildman–Crippen LogP) is -1.34. The number of aliphatic imine (C=N–C) groups is 1. The Balaban J connectivity index is 3.59. The fraction of sp³-hybridized carbons (Fsp3) is 0.667. The number of guanidine groups is 1. The smallest absolute Gasteiger partial charge is 0.302 e. The van der Waals surface area contributed by atoms with Crippen molar-refractivity contribution in [2.45, 2.75) is 18.9 Å². The van der Waals surface area contributed by atoms with Gasteiger partial charge in [-0.2, -0.15) is 0 Å². The van der Waals surface area contributed by atoms with Crippen molar-refractivity contribution in [2.75, 3.05) is 6.54 Å². The molecule has 0 aromatic carbocycles. The number of hydrogen-bond donors (Lipinski definition) is 3. The molecule has 0 saturated carbocycles. The van der Waals surface area contributed by atoms with Crippen LogP contribution in [0.5, 0.6) is 0 Å². The lowest BCUT2D eigenvalue weighted by Crippen LogP contribution is -2.29. The Morgan fingerprint density at radius 2 is 2.00 bits per heavy atom. The lowest BCUT2D eigenvalue weighted by Gasteiger charge is -2.02. The van der Waals surface area contributed by atoms with Crippen molar-refractivity contribution in [3.63, 3.8) is 0 Å². The number of carbonyl (C=O) groups excluding carboxylic acids is 1. The molecule has 0 spiro atoms. The Hall–Kier alpha value is -1.50. The van der Waals surface area contributed by atoms with E-state index in [1.54, 1.807) is 0 Å². The summed E-state index contributed by atoms with van der Waals surface area (Å²) in [5.41, 5.74) is 15.4.